The van der Waals surface area contributed by atoms with Crippen LogP contribution in [0.15, 0.2) is 59.8 Å². The molecule has 0 saturated heterocycles. The molecule has 0 bridgehead atoms. The van der Waals surface area contributed by atoms with Gasteiger partial charge in [-0.2, -0.15) is 0 Å². The van der Waals surface area contributed by atoms with Crippen LogP contribution in [-0.2, 0) is 19.2 Å². The molecular weight excluding hydrogens is 322 g/mol. The van der Waals surface area contributed by atoms with Gasteiger partial charge in [0.15, 0.2) is 0 Å². The Kier molecular flexibility index (Phi) is 4.52. The third kappa shape index (κ3) is 3.38. The van der Waals surface area contributed by atoms with Gasteiger partial charge in [-0.3, -0.25) is 4.79 Å². The normalized spacial score (nSPS) is 19.0. The smallest absolute Gasteiger partial charge is 0.351 e. The van der Waals surface area contributed by atoms with Crippen LogP contribution < -0.4 is 0 Å². The van der Waals surface area contributed by atoms with Crippen molar-refractivity contribution < 1.29 is 24.3 Å². The third-order valence-electron chi connectivity index (χ3n) is 4.13. The van der Waals surface area contributed by atoms with Crippen LogP contribution in [0.4, 0.5) is 0 Å². The van der Waals surface area contributed by atoms with E-state index in [1.165, 1.54) is 7.11 Å². The lowest BCUT2D eigenvalue weighted by molar-refractivity contribution is -0.170. The molecule has 0 spiro atoms. The maximum atomic E-state index is 11.6. The number of esters is 1. The highest BCUT2D eigenvalue weighted by Crippen LogP contribution is 2.32. The molecule has 1 N–H and O–H groups in total. The number of nitrogens with zero attached hydrogens (tertiary/aromatic N) is 1. The van der Waals surface area contributed by atoms with Crippen LogP contribution in [0.5, 0.6) is 0 Å². The van der Waals surface area contributed by atoms with Crippen molar-refractivity contribution in [2.75, 3.05) is 7.11 Å². The Labute approximate surface area is 144 Å². The summed E-state index contributed by atoms with van der Waals surface area (Å²) in [5.41, 5.74) is 1.56. The zero-order chi connectivity index (χ0) is 17.9. The molecule has 1 aliphatic rings. The molecule has 1 atom stereocenters. The number of carbonyl (C=O) groups is 2. The second-order valence-corrected chi connectivity index (χ2v) is 5.81. The minimum Gasteiger partial charge on any atom is -0.478 e. The minimum atomic E-state index is -1.72. The van der Waals surface area contributed by atoms with Crippen LogP contribution >= 0.6 is 0 Å². The molecule has 2 aromatic rings. The first kappa shape index (κ1) is 16.7. The maximum Gasteiger partial charge on any atom is 0.351 e. The number of aliphatic carboxylic acids is 1. The predicted molar refractivity (Wildman–Crippen MR) is 91.1 cm³/mol. The van der Waals surface area contributed by atoms with Crippen molar-refractivity contribution in [3.05, 3.63) is 60.2 Å². The molecule has 0 radical (unpaired) electrons. The summed E-state index contributed by atoms with van der Waals surface area (Å²) in [4.78, 5) is 28.4. The van der Waals surface area contributed by atoms with Crippen LogP contribution in [0.1, 0.15) is 18.4 Å². The quantitative estimate of drug-likeness (QED) is 0.847. The van der Waals surface area contributed by atoms with E-state index < -0.39 is 24.0 Å². The summed E-state index contributed by atoms with van der Waals surface area (Å²) in [6.07, 6.45) is -0.403. The van der Waals surface area contributed by atoms with Gasteiger partial charge in [-0.05, 0) is 17.2 Å². The molecule has 1 unspecified atom stereocenters. The van der Waals surface area contributed by atoms with Crippen molar-refractivity contribution in [2.24, 2.45) is 5.16 Å². The average molecular weight is 339 g/mol. The third-order valence-corrected chi connectivity index (χ3v) is 4.13. The first-order valence-electron chi connectivity index (χ1n) is 7.75. The van der Waals surface area contributed by atoms with E-state index >= 15 is 0 Å². The highest BCUT2D eigenvalue weighted by Gasteiger charge is 2.49. The fourth-order valence-corrected chi connectivity index (χ4v) is 2.73. The lowest BCUT2D eigenvalue weighted by Gasteiger charge is -2.19. The van der Waals surface area contributed by atoms with Crippen molar-refractivity contribution in [3.8, 4) is 11.1 Å². The van der Waals surface area contributed by atoms with Gasteiger partial charge in [-0.15, -0.1) is 0 Å². The second kappa shape index (κ2) is 6.76. The molecule has 0 amide bonds. The second-order valence-electron chi connectivity index (χ2n) is 5.81. The summed E-state index contributed by atoms with van der Waals surface area (Å²) in [6.45, 7) is 0. The van der Waals surface area contributed by atoms with E-state index in [9.17, 15) is 14.7 Å². The summed E-state index contributed by atoms with van der Waals surface area (Å²) < 4.78 is 4.57. The Morgan fingerprint density at radius 1 is 1.12 bits per heavy atom. The lowest BCUT2D eigenvalue weighted by Crippen LogP contribution is -2.41. The van der Waals surface area contributed by atoms with Crippen molar-refractivity contribution in [3.63, 3.8) is 0 Å². The zero-order valence-corrected chi connectivity index (χ0v) is 13.6. The number of rotatable bonds is 5. The number of carboxylic acids is 1. The van der Waals surface area contributed by atoms with Gasteiger partial charge in [-0.1, -0.05) is 53.7 Å². The first-order valence-corrected chi connectivity index (χ1v) is 7.75. The Morgan fingerprint density at radius 2 is 1.80 bits per heavy atom. The van der Waals surface area contributed by atoms with Gasteiger partial charge in [-0.25, -0.2) is 4.79 Å². The summed E-state index contributed by atoms with van der Waals surface area (Å²) in [7, 11) is 1.21. The number of carboxylic acid groups (broad SMARTS) is 1. The molecule has 6 nitrogen and oxygen atoms in total. The number of hydrogen-bond donors (Lipinski definition) is 1. The zero-order valence-electron chi connectivity index (χ0n) is 13.6. The molecule has 1 heterocycles. The Balaban J connectivity index is 1.86. The summed E-state index contributed by atoms with van der Waals surface area (Å²) >= 11 is 0. The Bertz CT molecular complexity index is 831. The molecule has 6 heteroatoms. The van der Waals surface area contributed by atoms with Gasteiger partial charge >= 0.3 is 11.9 Å². The van der Waals surface area contributed by atoms with E-state index in [2.05, 4.69) is 9.89 Å². The predicted octanol–water partition coefficient (Wildman–Crippen LogP) is 2.86. The highest BCUT2D eigenvalue weighted by molar-refractivity contribution is 6.06. The standard InChI is InChI=1S/C19H17NO5/c1-24-17(21)12-19(18(22)23)11-16(20-25-19)15-9-5-8-14(10-15)13-6-3-2-4-7-13/h2-10H,11-12H2,1H3,(H,22,23). The SMILES string of the molecule is COC(=O)CC1(C(=O)O)CC(c2cccc(-c3ccccc3)c2)=NO1. The van der Waals surface area contributed by atoms with Crippen LogP contribution in [-0.4, -0.2) is 35.5 Å². The monoisotopic (exact) mass is 339 g/mol. The van der Waals surface area contributed by atoms with Gasteiger partial charge in [0.2, 0.25) is 5.60 Å². The topological polar surface area (TPSA) is 85.2 Å². The van der Waals surface area contributed by atoms with Crippen LogP contribution in [0.3, 0.4) is 0 Å². The van der Waals surface area contributed by atoms with Crippen LogP contribution in [0.2, 0.25) is 0 Å². The molecule has 1 aliphatic heterocycles. The van der Waals surface area contributed by atoms with Crippen LogP contribution in [0.25, 0.3) is 11.1 Å². The lowest BCUT2D eigenvalue weighted by atomic mass is 9.90. The van der Waals surface area contributed by atoms with E-state index in [1.54, 1.807) is 0 Å². The largest absolute Gasteiger partial charge is 0.478 e. The van der Waals surface area contributed by atoms with E-state index in [0.29, 0.717) is 5.71 Å². The molecule has 128 valence electrons. The van der Waals surface area contributed by atoms with Crippen molar-refractivity contribution in [1.29, 1.82) is 0 Å². The van der Waals surface area contributed by atoms with Crippen molar-refractivity contribution in [1.82, 2.24) is 0 Å². The van der Waals surface area contributed by atoms with Gasteiger partial charge in [0.1, 0.15) is 0 Å². The van der Waals surface area contributed by atoms with E-state index in [4.69, 9.17) is 4.84 Å². The summed E-state index contributed by atoms with van der Waals surface area (Å²) in [5.74, 6) is -1.90. The Morgan fingerprint density at radius 3 is 2.48 bits per heavy atom. The fourth-order valence-electron chi connectivity index (χ4n) is 2.73. The molecule has 0 aliphatic carbocycles. The molecule has 25 heavy (non-hydrogen) atoms. The van der Waals surface area contributed by atoms with Gasteiger partial charge in [0.05, 0.1) is 19.2 Å². The first-order chi connectivity index (χ1) is 12.0. The highest BCUT2D eigenvalue weighted by atomic mass is 16.7. The Hall–Kier alpha value is -3.15. The van der Waals surface area contributed by atoms with E-state index in [0.717, 1.165) is 16.7 Å². The van der Waals surface area contributed by atoms with Crippen molar-refractivity contribution >= 4 is 17.7 Å². The minimum absolute atomic E-state index is 0.00429. The number of hydrogen-bond acceptors (Lipinski definition) is 5. The summed E-state index contributed by atoms with van der Waals surface area (Å²) in [6, 6.07) is 17.4. The van der Waals surface area contributed by atoms with Crippen molar-refractivity contribution in [2.45, 2.75) is 18.4 Å². The molecule has 3 rings (SSSR count). The number of carbonyl (C=O) groups excluding carboxylic acids is 1. The van der Waals surface area contributed by atoms with Gasteiger partial charge in [0.25, 0.3) is 0 Å². The molecule has 0 saturated carbocycles. The maximum absolute atomic E-state index is 11.6. The van der Waals surface area contributed by atoms with Gasteiger partial charge < -0.3 is 14.7 Å². The molecular formula is C19H17NO5. The van der Waals surface area contributed by atoms with E-state index in [1.807, 2.05) is 54.6 Å². The number of oxime groups is 1. The van der Waals surface area contributed by atoms with Gasteiger partial charge in [0, 0.05) is 12.0 Å². The fraction of sp³-hybridized carbons (Fsp3) is 0.211. The molecule has 2 aromatic carbocycles. The summed E-state index contributed by atoms with van der Waals surface area (Å²) in [5, 5.41) is 13.4. The van der Waals surface area contributed by atoms with Crippen LogP contribution in [0, 0.1) is 0 Å². The average Bonchev–Trinajstić information content (AvgIpc) is 3.08. The molecule has 0 aromatic heterocycles. The molecule has 0 fully saturated rings. The van der Waals surface area contributed by atoms with E-state index in [-0.39, 0.29) is 6.42 Å². The number of benzene rings is 2. The number of methoxy groups -OCH3 is 1. The number of ether oxygens (including phenoxy) is 1.